The zero-order valence-corrected chi connectivity index (χ0v) is 12.5. The van der Waals surface area contributed by atoms with E-state index in [1.807, 2.05) is 6.07 Å². The molecule has 2 heterocycles. The Morgan fingerprint density at radius 3 is 2.58 bits per heavy atom. The van der Waals surface area contributed by atoms with Crippen molar-refractivity contribution in [1.82, 2.24) is 20.4 Å². The van der Waals surface area contributed by atoms with Crippen LogP contribution in [0.1, 0.15) is 11.4 Å². The van der Waals surface area contributed by atoms with Crippen LogP contribution in [-0.2, 0) is 6.18 Å². The van der Waals surface area contributed by atoms with E-state index < -0.39 is 11.9 Å². The molecule has 0 fully saturated rings. The predicted molar refractivity (Wildman–Crippen MR) is 79.8 cm³/mol. The van der Waals surface area contributed by atoms with Crippen molar-refractivity contribution in [2.45, 2.75) is 6.18 Å². The first-order valence-electron chi connectivity index (χ1n) is 6.55. The molecule has 0 atom stereocenters. The van der Waals surface area contributed by atoms with Gasteiger partial charge in [0.25, 0.3) is 0 Å². The minimum absolute atomic E-state index is 0.107. The number of hydrogen-bond acceptors (Lipinski definition) is 4. The summed E-state index contributed by atoms with van der Waals surface area (Å²) < 4.78 is 38.5. The lowest BCUT2D eigenvalue weighted by molar-refractivity contribution is -0.141. The number of hydrogen-bond donors (Lipinski definition) is 1. The molecule has 3 rings (SSSR count). The number of halogens is 4. The number of benzene rings is 1. The second-order valence-electron chi connectivity index (χ2n) is 4.78. The fourth-order valence-electron chi connectivity index (χ4n) is 2.14. The molecule has 0 aliphatic heterocycles. The summed E-state index contributed by atoms with van der Waals surface area (Å²) >= 11 is 6.05. The Balaban J connectivity index is 2.12. The Hall–Kier alpha value is -2.92. The largest absolute Gasteiger partial charge is 0.433 e. The van der Waals surface area contributed by atoms with Crippen molar-refractivity contribution in [2.24, 2.45) is 0 Å². The number of H-pyrrole nitrogens is 1. The highest BCUT2D eigenvalue weighted by molar-refractivity contribution is 6.31. The number of rotatable bonds is 2. The van der Waals surface area contributed by atoms with Gasteiger partial charge in [0.2, 0.25) is 0 Å². The van der Waals surface area contributed by atoms with Gasteiger partial charge >= 0.3 is 6.18 Å². The smallest absolute Gasteiger partial charge is 0.247 e. The van der Waals surface area contributed by atoms with Crippen molar-refractivity contribution in [1.29, 1.82) is 5.26 Å². The molecule has 0 saturated heterocycles. The predicted octanol–water partition coefficient (Wildman–Crippen LogP) is 4.08. The molecule has 3 aromatic rings. The van der Waals surface area contributed by atoms with Crippen LogP contribution >= 0.6 is 11.6 Å². The lowest BCUT2D eigenvalue weighted by Crippen LogP contribution is -2.08. The first kappa shape index (κ1) is 16.0. The fraction of sp³-hybridized carbons (Fsp3) is 0.0667. The number of pyridine rings is 1. The summed E-state index contributed by atoms with van der Waals surface area (Å²) in [4.78, 5) is 3.63. The van der Waals surface area contributed by atoms with Crippen LogP contribution in [0, 0.1) is 11.3 Å². The standard InChI is InChI=1S/C15H7ClF3N5/c16-10-5-8(11-2-1-3-13(21-11)15(17,18)19)4-9(6-10)14-12(7-20)22-24-23-14/h1-6H,(H,22,23,24). The Kier molecular flexibility index (Phi) is 3.95. The number of nitrogens with zero attached hydrogens (tertiary/aromatic N) is 4. The van der Waals surface area contributed by atoms with E-state index >= 15 is 0 Å². The van der Waals surface area contributed by atoms with E-state index in [9.17, 15) is 13.2 Å². The van der Waals surface area contributed by atoms with E-state index in [-0.39, 0.29) is 22.1 Å². The second kappa shape index (κ2) is 5.94. The maximum atomic E-state index is 12.8. The first-order valence-corrected chi connectivity index (χ1v) is 6.93. The van der Waals surface area contributed by atoms with Crippen molar-refractivity contribution < 1.29 is 13.2 Å². The topological polar surface area (TPSA) is 78.2 Å². The summed E-state index contributed by atoms with van der Waals surface area (Å²) in [5.74, 6) is 0. The van der Waals surface area contributed by atoms with E-state index in [4.69, 9.17) is 16.9 Å². The van der Waals surface area contributed by atoms with Gasteiger partial charge in [0.05, 0.1) is 5.69 Å². The third-order valence-electron chi connectivity index (χ3n) is 3.17. The molecule has 5 nitrogen and oxygen atoms in total. The number of aromatic amines is 1. The molecular weight excluding hydrogens is 343 g/mol. The summed E-state index contributed by atoms with van der Waals surface area (Å²) in [7, 11) is 0. The van der Waals surface area contributed by atoms with Gasteiger partial charge in [-0.3, -0.25) is 0 Å². The highest BCUT2D eigenvalue weighted by Crippen LogP contribution is 2.32. The van der Waals surface area contributed by atoms with Gasteiger partial charge in [-0.15, -0.1) is 5.10 Å². The fourth-order valence-corrected chi connectivity index (χ4v) is 2.37. The minimum atomic E-state index is -4.54. The number of alkyl halides is 3. The minimum Gasteiger partial charge on any atom is -0.247 e. The molecule has 0 aliphatic rings. The van der Waals surface area contributed by atoms with Crippen molar-refractivity contribution in [3.63, 3.8) is 0 Å². The quantitative estimate of drug-likeness (QED) is 0.756. The molecule has 120 valence electrons. The molecule has 0 unspecified atom stereocenters. The molecule has 0 radical (unpaired) electrons. The van der Waals surface area contributed by atoms with Crippen LogP contribution in [0.5, 0.6) is 0 Å². The van der Waals surface area contributed by atoms with Gasteiger partial charge in [-0.1, -0.05) is 22.9 Å². The van der Waals surface area contributed by atoms with Gasteiger partial charge in [0.15, 0.2) is 5.69 Å². The summed E-state index contributed by atoms with van der Waals surface area (Å²) in [5, 5.41) is 19.1. The van der Waals surface area contributed by atoms with Crippen LogP contribution < -0.4 is 0 Å². The molecule has 1 N–H and O–H groups in total. The third kappa shape index (κ3) is 3.07. The van der Waals surface area contributed by atoms with Gasteiger partial charge in [0.1, 0.15) is 17.5 Å². The average Bonchev–Trinajstić information content (AvgIpc) is 3.02. The SMILES string of the molecule is N#Cc1[nH]nnc1-c1cc(Cl)cc(-c2cccc(C(F)(F)F)n2)c1. The summed E-state index contributed by atoms with van der Waals surface area (Å²) in [6.07, 6.45) is -4.54. The van der Waals surface area contributed by atoms with E-state index in [0.717, 1.165) is 6.07 Å². The van der Waals surface area contributed by atoms with Crippen LogP contribution in [0.25, 0.3) is 22.5 Å². The molecule has 0 spiro atoms. The van der Waals surface area contributed by atoms with Crippen LogP contribution in [0.2, 0.25) is 5.02 Å². The molecule has 9 heteroatoms. The van der Waals surface area contributed by atoms with Crippen LogP contribution in [0.4, 0.5) is 13.2 Å². The van der Waals surface area contributed by atoms with E-state index in [1.165, 1.54) is 24.3 Å². The van der Waals surface area contributed by atoms with Crippen molar-refractivity contribution >= 4 is 11.6 Å². The molecule has 24 heavy (non-hydrogen) atoms. The molecule has 0 aliphatic carbocycles. The average molecular weight is 350 g/mol. The van der Waals surface area contributed by atoms with Crippen LogP contribution in [0.3, 0.4) is 0 Å². The Morgan fingerprint density at radius 1 is 1.12 bits per heavy atom. The number of nitrogens with one attached hydrogen (secondary N) is 1. The molecule has 2 aromatic heterocycles. The van der Waals surface area contributed by atoms with Crippen LogP contribution in [0.15, 0.2) is 36.4 Å². The zero-order chi connectivity index (χ0) is 17.3. The summed E-state index contributed by atoms with van der Waals surface area (Å²) in [5.41, 5.74) is 0.308. The van der Waals surface area contributed by atoms with E-state index in [0.29, 0.717) is 11.1 Å². The molecule has 0 bridgehead atoms. The Labute approximate surface area is 138 Å². The lowest BCUT2D eigenvalue weighted by Gasteiger charge is -2.09. The van der Waals surface area contributed by atoms with Gasteiger partial charge in [-0.2, -0.15) is 18.4 Å². The maximum Gasteiger partial charge on any atom is 0.433 e. The van der Waals surface area contributed by atoms with Crippen molar-refractivity contribution in [2.75, 3.05) is 0 Å². The van der Waals surface area contributed by atoms with Gasteiger partial charge < -0.3 is 0 Å². The Bertz CT molecular complexity index is 943. The summed E-state index contributed by atoms with van der Waals surface area (Å²) in [6, 6.07) is 10.1. The van der Waals surface area contributed by atoms with Gasteiger partial charge in [-0.25, -0.2) is 10.1 Å². The number of nitriles is 1. The van der Waals surface area contributed by atoms with Gasteiger partial charge in [0, 0.05) is 16.1 Å². The molecular formula is C15H7ClF3N5. The Morgan fingerprint density at radius 2 is 1.88 bits per heavy atom. The van der Waals surface area contributed by atoms with Crippen molar-refractivity contribution in [3.05, 3.63) is 52.8 Å². The number of aromatic nitrogens is 4. The normalized spacial score (nSPS) is 11.3. The summed E-state index contributed by atoms with van der Waals surface area (Å²) in [6.45, 7) is 0. The first-order chi connectivity index (χ1) is 11.4. The highest BCUT2D eigenvalue weighted by Gasteiger charge is 2.32. The molecule has 1 aromatic carbocycles. The zero-order valence-electron chi connectivity index (χ0n) is 11.8. The third-order valence-corrected chi connectivity index (χ3v) is 3.39. The maximum absolute atomic E-state index is 12.8. The monoisotopic (exact) mass is 349 g/mol. The van der Waals surface area contributed by atoms with E-state index in [2.05, 4.69) is 20.4 Å². The van der Waals surface area contributed by atoms with Gasteiger partial charge in [-0.05, 0) is 30.3 Å². The van der Waals surface area contributed by atoms with Crippen molar-refractivity contribution in [3.8, 4) is 28.6 Å². The highest BCUT2D eigenvalue weighted by atomic mass is 35.5. The van der Waals surface area contributed by atoms with Crippen LogP contribution in [-0.4, -0.2) is 20.4 Å². The lowest BCUT2D eigenvalue weighted by atomic mass is 10.0. The molecule has 0 saturated carbocycles. The van der Waals surface area contributed by atoms with E-state index in [1.54, 1.807) is 6.07 Å². The molecule has 0 amide bonds. The second-order valence-corrected chi connectivity index (χ2v) is 5.22.